The summed E-state index contributed by atoms with van der Waals surface area (Å²) >= 11 is 1.92. The van der Waals surface area contributed by atoms with Gasteiger partial charge < -0.3 is 4.74 Å². The summed E-state index contributed by atoms with van der Waals surface area (Å²) in [4.78, 5) is 15.0. The third kappa shape index (κ3) is 3.74. The van der Waals surface area contributed by atoms with Crippen molar-refractivity contribution >= 4 is 17.7 Å². The molecule has 0 saturated heterocycles. The summed E-state index contributed by atoms with van der Waals surface area (Å²) < 4.78 is 4.78. The van der Waals surface area contributed by atoms with Gasteiger partial charge in [0.25, 0.3) is 0 Å². The van der Waals surface area contributed by atoms with Gasteiger partial charge in [0.15, 0.2) is 0 Å². The van der Waals surface area contributed by atoms with Crippen LogP contribution >= 0.6 is 11.8 Å². The second-order valence-corrected chi connectivity index (χ2v) is 5.92. The number of benzene rings is 1. The third-order valence-corrected chi connectivity index (χ3v) is 4.65. The van der Waals surface area contributed by atoms with Gasteiger partial charge in [-0.2, -0.15) is 0 Å². The van der Waals surface area contributed by atoms with E-state index < -0.39 is 0 Å². The van der Waals surface area contributed by atoms with Crippen molar-refractivity contribution in [1.29, 1.82) is 0 Å². The van der Waals surface area contributed by atoms with E-state index in [4.69, 9.17) is 4.74 Å². The van der Waals surface area contributed by atoms with Gasteiger partial charge in [0, 0.05) is 23.1 Å². The average molecular weight is 279 g/mol. The zero-order chi connectivity index (χ0) is 13.7. The first-order valence-corrected chi connectivity index (χ1v) is 7.74. The molecule has 0 bridgehead atoms. The number of nitrogens with zero attached hydrogens (tertiary/aromatic N) is 1. The molecule has 1 atom stereocenters. The van der Waals surface area contributed by atoms with Gasteiger partial charge in [-0.1, -0.05) is 25.1 Å². The Balaban J connectivity index is 2.00. The maximum atomic E-state index is 11.4. The maximum absolute atomic E-state index is 11.4. The Morgan fingerprint density at radius 1 is 1.47 bits per heavy atom. The van der Waals surface area contributed by atoms with Crippen molar-refractivity contribution < 1.29 is 9.53 Å². The Labute approximate surface area is 119 Å². The lowest BCUT2D eigenvalue weighted by Crippen LogP contribution is -2.34. The summed E-state index contributed by atoms with van der Waals surface area (Å²) in [7, 11) is 1.45. The first kappa shape index (κ1) is 14.4. The van der Waals surface area contributed by atoms with E-state index in [1.807, 2.05) is 11.8 Å². The highest BCUT2D eigenvalue weighted by Gasteiger charge is 2.25. The van der Waals surface area contributed by atoms with Crippen molar-refractivity contribution in [2.24, 2.45) is 0 Å². The molecule has 0 spiro atoms. The highest BCUT2D eigenvalue weighted by Crippen LogP contribution is 2.39. The molecule has 0 N–H and O–H groups in total. The van der Waals surface area contributed by atoms with E-state index in [-0.39, 0.29) is 5.97 Å². The second-order valence-electron chi connectivity index (χ2n) is 4.86. The fourth-order valence-electron chi connectivity index (χ4n) is 2.49. The molecule has 0 aromatic heterocycles. The predicted octanol–water partition coefficient (Wildman–Crippen LogP) is 2.76. The highest BCUT2D eigenvalue weighted by atomic mass is 32.2. The second kappa shape index (κ2) is 6.96. The Hall–Kier alpha value is -1.00. The SMILES string of the molecule is CCCN(CC(=O)OC)CC1CSc2ccccc21. The quantitative estimate of drug-likeness (QED) is 0.749. The van der Waals surface area contributed by atoms with Crippen molar-refractivity contribution in [3.05, 3.63) is 29.8 Å². The van der Waals surface area contributed by atoms with Crippen LogP contribution in [0.5, 0.6) is 0 Å². The van der Waals surface area contributed by atoms with Gasteiger partial charge >= 0.3 is 5.97 Å². The number of rotatable bonds is 6. The summed E-state index contributed by atoms with van der Waals surface area (Å²) in [5.74, 6) is 1.49. The number of hydrogen-bond acceptors (Lipinski definition) is 4. The average Bonchev–Trinajstić information content (AvgIpc) is 2.82. The van der Waals surface area contributed by atoms with Gasteiger partial charge in [-0.05, 0) is 24.6 Å². The first-order chi connectivity index (χ1) is 9.24. The number of hydrogen-bond donors (Lipinski definition) is 0. The van der Waals surface area contributed by atoms with Gasteiger partial charge in [-0.15, -0.1) is 11.8 Å². The molecule has 1 heterocycles. The van der Waals surface area contributed by atoms with Gasteiger partial charge in [0.2, 0.25) is 0 Å². The van der Waals surface area contributed by atoms with Crippen molar-refractivity contribution in [2.45, 2.75) is 24.2 Å². The number of methoxy groups -OCH3 is 1. The molecule has 2 rings (SSSR count). The van der Waals surface area contributed by atoms with E-state index >= 15 is 0 Å². The zero-order valence-corrected chi connectivity index (χ0v) is 12.4. The van der Waals surface area contributed by atoms with Gasteiger partial charge in [0.05, 0.1) is 13.7 Å². The molecule has 3 nitrogen and oxygen atoms in total. The number of fused-ring (bicyclic) bond motifs is 1. The lowest BCUT2D eigenvalue weighted by Gasteiger charge is -2.24. The number of esters is 1. The molecule has 1 aromatic carbocycles. The molecule has 1 aromatic rings. The summed E-state index contributed by atoms with van der Waals surface area (Å²) in [6.07, 6.45) is 1.05. The summed E-state index contributed by atoms with van der Waals surface area (Å²) in [5.41, 5.74) is 1.43. The zero-order valence-electron chi connectivity index (χ0n) is 11.6. The van der Waals surface area contributed by atoms with E-state index in [1.54, 1.807) is 0 Å². The van der Waals surface area contributed by atoms with Gasteiger partial charge in [-0.25, -0.2) is 0 Å². The third-order valence-electron chi connectivity index (χ3n) is 3.40. The summed E-state index contributed by atoms with van der Waals surface area (Å²) in [5, 5.41) is 0. The van der Waals surface area contributed by atoms with Crippen LogP contribution in [0.4, 0.5) is 0 Å². The number of carbonyl (C=O) groups excluding carboxylic acids is 1. The van der Waals surface area contributed by atoms with Crippen LogP contribution in [0.2, 0.25) is 0 Å². The minimum atomic E-state index is -0.146. The van der Waals surface area contributed by atoms with E-state index in [0.29, 0.717) is 12.5 Å². The van der Waals surface area contributed by atoms with Gasteiger partial charge in [0.1, 0.15) is 0 Å². The molecule has 0 saturated carbocycles. The topological polar surface area (TPSA) is 29.5 Å². The smallest absolute Gasteiger partial charge is 0.319 e. The normalized spacial score (nSPS) is 17.5. The standard InChI is InChI=1S/C15H21NO2S/c1-3-8-16(10-15(17)18-2)9-12-11-19-14-7-5-4-6-13(12)14/h4-7,12H,3,8-11H2,1-2H3. The van der Waals surface area contributed by atoms with E-state index in [1.165, 1.54) is 17.6 Å². The predicted molar refractivity (Wildman–Crippen MR) is 78.7 cm³/mol. The van der Waals surface area contributed by atoms with Crippen LogP contribution < -0.4 is 0 Å². The number of ether oxygens (including phenoxy) is 1. The van der Waals surface area contributed by atoms with E-state index in [2.05, 4.69) is 36.1 Å². The summed E-state index contributed by atoms with van der Waals surface area (Å²) in [6.45, 7) is 4.42. The Morgan fingerprint density at radius 2 is 2.26 bits per heavy atom. The molecular weight excluding hydrogens is 258 g/mol. The molecule has 104 valence electrons. The van der Waals surface area contributed by atoms with Gasteiger partial charge in [-0.3, -0.25) is 9.69 Å². The van der Waals surface area contributed by atoms with Crippen molar-refractivity contribution in [3.8, 4) is 0 Å². The largest absolute Gasteiger partial charge is 0.468 e. The maximum Gasteiger partial charge on any atom is 0.319 e. The van der Waals surface area contributed by atoms with Crippen LogP contribution in [0.15, 0.2) is 29.2 Å². The minimum absolute atomic E-state index is 0.146. The molecule has 1 aliphatic rings. The lowest BCUT2D eigenvalue weighted by atomic mass is 10.0. The molecule has 0 amide bonds. The fourth-order valence-corrected chi connectivity index (χ4v) is 3.73. The van der Waals surface area contributed by atoms with Crippen LogP contribution in [-0.4, -0.2) is 43.4 Å². The Kier molecular flexibility index (Phi) is 5.28. The lowest BCUT2D eigenvalue weighted by molar-refractivity contribution is -0.142. The molecule has 1 aliphatic heterocycles. The Morgan fingerprint density at radius 3 is 3.00 bits per heavy atom. The minimum Gasteiger partial charge on any atom is -0.468 e. The highest BCUT2D eigenvalue weighted by molar-refractivity contribution is 7.99. The molecule has 0 aliphatic carbocycles. The molecule has 0 fully saturated rings. The Bertz CT molecular complexity index is 436. The monoisotopic (exact) mass is 279 g/mol. The number of carbonyl (C=O) groups is 1. The van der Waals surface area contributed by atoms with Crippen LogP contribution in [0.1, 0.15) is 24.8 Å². The number of thioether (sulfide) groups is 1. The van der Waals surface area contributed by atoms with Crippen LogP contribution in [0.25, 0.3) is 0 Å². The van der Waals surface area contributed by atoms with Crippen molar-refractivity contribution in [2.75, 3.05) is 32.5 Å². The molecule has 4 heteroatoms. The molecule has 1 unspecified atom stereocenters. The van der Waals surface area contributed by atoms with Crippen molar-refractivity contribution in [1.82, 2.24) is 4.90 Å². The molecule has 0 radical (unpaired) electrons. The van der Waals surface area contributed by atoms with E-state index in [0.717, 1.165) is 25.3 Å². The fraction of sp³-hybridized carbons (Fsp3) is 0.533. The molecule has 19 heavy (non-hydrogen) atoms. The van der Waals surface area contributed by atoms with Crippen molar-refractivity contribution in [3.63, 3.8) is 0 Å². The van der Waals surface area contributed by atoms with Crippen LogP contribution in [0.3, 0.4) is 0 Å². The van der Waals surface area contributed by atoms with Crippen LogP contribution in [0, 0.1) is 0 Å². The van der Waals surface area contributed by atoms with E-state index in [9.17, 15) is 4.79 Å². The molecular formula is C15H21NO2S. The first-order valence-electron chi connectivity index (χ1n) is 6.75. The van der Waals surface area contributed by atoms with Crippen LogP contribution in [-0.2, 0) is 9.53 Å². The summed E-state index contributed by atoms with van der Waals surface area (Å²) in [6, 6.07) is 8.58.